The molecule has 10 nitrogen and oxygen atoms in total. The van der Waals surface area contributed by atoms with Gasteiger partial charge in [-0.25, -0.2) is 8.42 Å². The van der Waals surface area contributed by atoms with E-state index in [-0.39, 0.29) is 36.3 Å². The highest BCUT2D eigenvalue weighted by atomic mass is 32.2. The van der Waals surface area contributed by atoms with Gasteiger partial charge in [0.1, 0.15) is 0 Å². The Kier molecular flexibility index (Phi) is 6.87. The first-order valence-corrected chi connectivity index (χ1v) is 12.1. The van der Waals surface area contributed by atoms with Crippen LogP contribution in [-0.4, -0.2) is 59.8 Å². The maximum atomic E-state index is 12.9. The van der Waals surface area contributed by atoms with Gasteiger partial charge >= 0.3 is 17.1 Å². The lowest BCUT2D eigenvalue weighted by atomic mass is 9.98. The quantitative estimate of drug-likeness (QED) is 0.441. The Morgan fingerprint density at radius 2 is 1.75 bits per heavy atom. The molecule has 0 spiro atoms. The van der Waals surface area contributed by atoms with E-state index in [4.69, 9.17) is 4.74 Å². The summed E-state index contributed by atoms with van der Waals surface area (Å²) in [5.74, 6) is -1.47. The van der Waals surface area contributed by atoms with E-state index in [1.54, 1.807) is 6.92 Å². The zero-order valence-corrected chi connectivity index (χ0v) is 19.2. The first kappa shape index (κ1) is 23.7. The summed E-state index contributed by atoms with van der Waals surface area (Å²) in [6, 6.07) is 4.18. The molecule has 1 fully saturated rings. The molecule has 0 aliphatic carbocycles. The van der Waals surface area contributed by atoms with Crippen LogP contribution >= 0.6 is 0 Å². The maximum Gasteiger partial charge on any atom is 0.316 e. The van der Waals surface area contributed by atoms with Gasteiger partial charge in [-0.1, -0.05) is 0 Å². The second-order valence-electron chi connectivity index (χ2n) is 7.88. The molecule has 0 bridgehead atoms. The summed E-state index contributed by atoms with van der Waals surface area (Å²) in [5, 5.41) is 0. The van der Waals surface area contributed by atoms with Gasteiger partial charge in [-0.15, -0.1) is 0 Å². The lowest BCUT2D eigenvalue weighted by Gasteiger charge is -2.31. The fraction of sp³-hybridized carbons (Fsp3) is 0.524. The number of nitrogens with zero attached hydrogens (tertiary/aromatic N) is 3. The molecule has 0 radical (unpaired) electrons. The van der Waals surface area contributed by atoms with Crippen LogP contribution in [0.25, 0.3) is 11.0 Å². The molecule has 1 aromatic heterocycles. The SMILES string of the molecule is CCOC(=O)C1CCCN(C(=O)CCS(=O)(=O)c2ccc3c(c2)n(C)c(=O)c(=O)n3C)C1. The van der Waals surface area contributed by atoms with E-state index in [1.807, 2.05) is 0 Å². The molecule has 174 valence electrons. The van der Waals surface area contributed by atoms with Gasteiger partial charge in [-0.05, 0) is 38.0 Å². The fourth-order valence-corrected chi connectivity index (χ4v) is 5.15. The Balaban J connectivity index is 1.76. The molecule has 1 atom stereocenters. The number of hydrogen-bond acceptors (Lipinski definition) is 7. The smallest absolute Gasteiger partial charge is 0.316 e. The summed E-state index contributed by atoms with van der Waals surface area (Å²) in [7, 11) is -0.968. The number of benzene rings is 1. The van der Waals surface area contributed by atoms with Crippen molar-refractivity contribution in [3.05, 3.63) is 38.9 Å². The number of rotatable bonds is 6. The normalized spacial score (nSPS) is 16.8. The number of esters is 1. The van der Waals surface area contributed by atoms with Gasteiger partial charge in [0.2, 0.25) is 5.91 Å². The maximum absolute atomic E-state index is 12.9. The van der Waals surface area contributed by atoms with Crippen molar-refractivity contribution in [3.8, 4) is 0 Å². The Morgan fingerprint density at radius 1 is 1.09 bits per heavy atom. The van der Waals surface area contributed by atoms with Crippen LogP contribution in [0.15, 0.2) is 32.7 Å². The molecule has 1 aromatic carbocycles. The van der Waals surface area contributed by atoms with E-state index >= 15 is 0 Å². The lowest BCUT2D eigenvalue weighted by Crippen LogP contribution is -2.43. The van der Waals surface area contributed by atoms with Gasteiger partial charge in [0, 0.05) is 33.6 Å². The summed E-state index contributed by atoms with van der Waals surface area (Å²) >= 11 is 0. The molecule has 1 unspecified atom stereocenters. The van der Waals surface area contributed by atoms with Crippen molar-refractivity contribution < 1.29 is 22.7 Å². The van der Waals surface area contributed by atoms with E-state index < -0.39 is 32.6 Å². The molecule has 2 aromatic rings. The minimum atomic E-state index is -3.82. The molecule has 32 heavy (non-hydrogen) atoms. The monoisotopic (exact) mass is 465 g/mol. The van der Waals surface area contributed by atoms with Crippen molar-refractivity contribution in [1.29, 1.82) is 0 Å². The van der Waals surface area contributed by atoms with Crippen LogP contribution in [0.5, 0.6) is 0 Å². The predicted octanol–water partition coefficient (Wildman–Crippen LogP) is 0.203. The highest BCUT2D eigenvalue weighted by Gasteiger charge is 2.30. The van der Waals surface area contributed by atoms with Crippen molar-refractivity contribution in [2.75, 3.05) is 25.4 Å². The molecule has 3 rings (SSSR count). The minimum Gasteiger partial charge on any atom is -0.466 e. The number of sulfone groups is 1. The number of carbonyl (C=O) groups is 2. The van der Waals surface area contributed by atoms with E-state index in [1.165, 1.54) is 41.8 Å². The summed E-state index contributed by atoms with van der Waals surface area (Å²) < 4.78 is 33.1. The Morgan fingerprint density at radius 3 is 2.41 bits per heavy atom. The molecular weight excluding hydrogens is 438 g/mol. The third kappa shape index (κ3) is 4.62. The number of hydrogen-bond donors (Lipinski definition) is 0. The van der Waals surface area contributed by atoms with Crippen LogP contribution in [0.2, 0.25) is 0 Å². The average Bonchev–Trinajstić information content (AvgIpc) is 2.79. The zero-order valence-electron chi connectivity index (χ0n) is 18.4. The third-order valence-corrected chi connectivity index (χ3v) is 7.51. The molecule has 1 amide bonds. The van der Waals surface area contributed by atoms with Crippen molar-refractivity contribution in [2.24, 2.45) is 20.0 Å². The van der Waals surface area contributed by atoms with Crippen molar-refractivity contribution >= 4 is 32.7 Å². The number of carbonyl (C=O) groups excluding carboxylic acids is 2. The van der Waals surface area contributed by atoms with Crippen LogP contribution in [0.3, 0.4) is 0 Å². The molecule has 0 saturated carbocycles. The van der Waals surface area contributed by atoms with E-state index in [0.717, 1.165) is 4.57 Å². The topological polar surface area (TPSA) is 125 Å². The van der Waals surface area contributed by atoms with Crippen LogP contribution in [0.1, 0.15) is 26.2 Å². The first-order chi connectivity index (χ1) is 15.1. The van der Waals surface area contributed by atoms with Gasteiger partial charge in [0.05, 0.1) is 34.2 Å². The highest BCUT2D eigenvalue weighted by Crippen LogP contribution is 2.21. The van der Waals surface area contributed by atoms with Crippen LogP contribution in [0.4, 0.5) is 0 Å². The summed E-state index contributed by atoms with van der Waals surface area (Å²) in [6.07, 6.45) is 1.07. The van der Waals surface area contributed by atoms with E-state index in [9.17, 15) is 27.6 Å². The van der Waals surface area contributed by atoms with Gasteiger partial charge in [-0.3, -0.25) is 19.2 Å². The number of aromatic nitrogens is 2. The summed E-state index contributed by atoms with van der Waals surface area (Å²) in [5.41, 5.74) is -0.738. The van der Waals surface area contributed by atoms with E-state index in [0.29, 0.717) is 30.4 Å². The van der Waals surface area contributed by atoms with Crippen molar-refractivity contribution in [3.63, 3.8) is 0 Å². The largest absolute Gasteiger partial charge is 0.466 e. The average molecular weight is 466 g/mol. The first-order valence-electron chi connectivity index (χ1n) is 10.4. The van der Waals surface area contributed by atoms with Crippen LogP contribution in [-0.2, 0) is 38.3 Å². The lowest BCUT2D eigenvalue weighted by molar-refractivity contribution is -0.151. The highest BCUT2D eigenvalue weighted by molar-refractivity contribution is 7.91. The number of ether oxygens (including phenoxy) is 1. The molecule has 1 aliphatic rings. The molecule has 1 saturated heterocycles. The van der Waals surface area contributed by atoms with Crippen LogP contribution in [0, 0.1) is 5.92 Å². The van der Waals surface area contributed by atoms with Gasteiger partial charge in [0.15, 0.2) is 9.84 Å². The minimum absolute atomic E-state index is 0.0329. The number of fused-ring (bicyclic) bond motifs is 1. The molecule has 2 heterocycles. The number of piperidine rings is 1. The Labute approximate surface area is 185 Å². The molecular formula is C21H27N3O7S. The molecule has 11 heteroatoms. The standard InChI is InChI=1S/C21H27N3O7S/c1-4-31-21(28)14-6-5-10-24(13-14)18(25)9-11-32(29,30)15-7-8-16-17(12-15)23(3)20(27)19(26)22(16)2/h7-8,12,14H,4-6,9-11,13H2,1-3H3. The number of likely N-dealkylation sites (tertiary alicyclic amines) is 1. The third-order valence-electron chi connectivity index (χ3n) is 5.80. The van der Waals surface area contributed by atoms with Gasteiger partial charge in [0.25, 0.3) is 0 Å². The number of aryl methyl sites for hydroxylation is 2. The van der Waals surface area contributed by atoms with Crippen molar-refractivity contribution in [1.82, 2.24) is 14.0 Å². The zero-order chi connectivity index (χ0) is 23.6. The van der Waals surface area contributed by atoms with E-state index in [2.05, 4.69) is 0 Å². The second kappa shape index (κ2) is 9.27. The fourth-order valence-electron chi connectivity index (χ4n) is 3.91. The second-order valence-corrected chi connectivity index (χ2v) is 9.99. The Hall–Kier alpha value is -2.95. The summed E-state index contributed by atoms with van der Waals surface area (Å²) in [4.78, 5) is 50.1. The Bertz CT molecular complexity index is 1280. The van der Waals surface area contributed by atoms with Gasteiger partial charge in [-0.2, -0.15) is 0 Å². The predicted molar refractivity (Wildman–Crippen MR) is 117 cm³/mol. The summed E-state index contributed by atoms with van der Waals surface area (Å²) in [6.45, 7) is 2.69. The number of amides is 1. The van der Waals surface area contributed by atoms with Gasteiger partial charge < -0.3 is 18.8 Å². The molecule has 1 aliphatic heterocycles. The van der Waals surface area contributed by atoms with Crippen LogP contribution < -0.4 is 11.1 Å². The van der Waals surface area contributed by atoms with Crippen molar-refractivity contribution in [2.45, 2.75) is 31.1 Å². The molecule has 0 N–H and O–H groups in total.